The molecule has 2 aromatic carbocycles. The monoisotopic (exact) mass is 340 g/mol. The van der Waals surface area contributed by atoms with E-state index in [9.17, 15) is 15.0 Å². The van der Waals surface area contributed by atoms with Crippen molar-refractivity contribution in [1.82, 2.24) is 0 Å². The molecular weight excluding hydrogens is 316 g/mol. The fraction of sp³-hybridized carbons (Fsp3) is 0.286. The Bertz CT molecular complexity index is 760. The summed E-state index contributed by atoms with van der Waals surface area (Å²) in [5.74, 6) is 0.911. The summed E-state index contributed by atoms with van der Waals surface area (Å²) in [6, 6.07) is 9.59. The third-order valence-corrected chi connectivity index (χ3v) is 4.17. The summed E-state index contributed by atoms with van der Waals surface area (Å²) < 4.78 is 5.58. The van der Waals surface area contributed by atoms with Gasteiger partial charge in [0.1, 0.15) is 17.2 Å². The van der Waals surface area contributed by atoms with Crippen molar-refractivity contribution in [1.29, 1.82) is 0 Å². The first-order chi connectivity index (χ1) is 12.0. The molecule has 0 spiro atoms. The third-order valence-electron chi connectivity index (χ3n) is 4.17. The van der Waals surface area contributed by atoms with Crippen molar-refractivity contribution < 1.29 is 19.7 Å². The number of benzene rings is 2. The van der Waals surface area contributed by atoms with Gasteiger partial charge < -0.3 is 14.9 Å². The molecular formula is C21H24O4. The molecule has 1 atom stereocenters. The number of rotatable bonds is 7. The van der Waals surface area contributed by atoms with Crippen molar-refractivity contribution in [2.24, 2.45) is 0 Å². The Labute approximate surface area is 148 Å². The lowest BCUT2D eigenvalue weighted by Gasteiger charge is -2.15. The number of hydrogen-bond donors (Lipinski definition) is 2. The second-order valence-corrected chi connectivity index (χ2v) is 5.94. The highest BCUT2D eigenvalue weighted by atomic mass is 16.5. The Morgan fingerprint density at radius 2 is 1.84 bits per heavy atom. The zero-order valence-corrected chi connectivity index (χ0v) is 14.8. The van der Waals surface area contributed by atoms with E-state index in [0.717, 1.165) is 17.5 Å². The summed E-state index contributed by atoms with van der Waals surface area (Å²) in [7, 11) is 0. The molecule has 4 nitrogen and oxygen atoms in total. The molecule has 0 heterocycles. The van der Waals surface area contributed by atoms with Crippen LogP contribution in [0.1, 0.15) is 54.6 Å². The van der Waals surface area contributed by atoms with E-state index in [1.165, 1.54) is 18.2 Å². The average molecular weight is 340 g/mol. The van der Waals surface area contributed by atoms with E-state index in [-0.39, 0.29) is 23.2 Å². The Morgan fingerprint density at radius 3 is 2.44 bits per heavy atom. The number of allylic oxidation sites excluding steroid dienone is 1. The lowest BCUT2D eigenvalue weighted by molar-refractivity contribution is 0.104. The van der Waals surface area contributed by atoms with Crippen LogP contribution < -0.4 is 4.74 Å². The number of hydrogen-bond acceptors (Lipinski definition) is 4. The first-order valence-electron chi connectivity index (χ1n) is 8.47. The quantitative estimate of drug-likeness (QED) is 0.555. The molecule has 0 aromatic heterocycles. The summed E-state index contributed by atoms with van der Waals surface area (Å²) in [5.41, 5.74) is 2.08. The maximum Gasteiger partial charge on any atom is 0.185 e. The van der Waals surface area contributed by atoms with Crippen LogP contribution in [-0.2, 0) is 0 Å². The largest absolute Gasteiger partial charge is 0.508 e. The summed E-state index contributed by atoms with van der Waals surface area (Å²) in [6.45, 7) is 6.44. The first-order valence-corrected chi connectivity index (χ1v) is 8.47. The second-order valence-electron chi connectivity index (χ2n) is 5.94. The van der Waals surface area contributed by atoms with Crippen LogP contribution in [0, 0.1) is 0 Å². The predicted molar refractivity (Wildman–Crippen MR) is 99.5 cm³/mol. The molecule has 0 aliphatic carbocycles. The molecule has 0 aliphatic heterocycles. The summed E-state index contributed by atoms with van der Waals surface area (Å²) in [5, 5.41) is 19.5. The lowest BCUT2D eigenvalue weighted by atomic mass is 9.95. The van der Waals surface area contributed by atoms with Gasteiger partial charge in [-0.1, -0.05) is 13.8 Å². The van der Waals surface area contributed by atoms with E-state index in [2.05, 4.69) is 6.92 Å². The van der Waals surface area contributed by atoms with E-state index < -0.39 is 0 Å². The van der Waals surface area contributed by atoms with Crippen LogP contribution in [0.5, 0.6) is 17.2 Å². The van der Waals surface area contributed by atoms with Gasteiger partial charge in [-0.25, -0.2) is 0 Å². The molecule has 0 saturated heterocycles. The molecule has 0 radical (unpaired) electrons. The number of carbonyl (C=O) groups is 1. The van der Waals surface area contributed by atoms with Crippen LogP contribution in [-0.4, -0.2) is 22.6 Å². The van der Waals surface area contributed by atoms with Crippen molar-refractivity contribution in [2.45, 2.75) is 33.1 Å². The van der Waals surface area contributed by atoms with Gasteiger partial charge in [0.05, 0.1) is 6.61 Å². The maximum atomic E-state index is 12.3. The van der Waals surface area contributed by atoms with Crippen molar-refractivity contribution >= 4 is 11.9 Å². The average Bonchev–Trinajstić information content (AvgIpc) is 2.61. The highest BCUT2D eigenvalue weighted by Gasteiger charge is 2.13. The van der Waals surface area contributed by atoms with Crippen molar-refractivity contribution in [3.05, 3.63) is 59.2 Å². The van der Waals surface area contributed by atoms with Crippen LogP contribution in [0.15, 0.2) is 42.5 Å². The zero-order chi connectivity index (χ0) is 18.4. The minimum atomic E-state index is -0.166. The third kappa shape index (κ3) is 4.63. The fourth-order valence-electron chi connectivity index (χ4n) is 2.52. The van der Waals surface area contributed by atoms with Gasteiger partial charge in [-0.3, -0.25) is 4.79 Å². The summed E-state index contributed by atoms with van der Waals surface area (Å²) in [4.78, 5) is 12.3. The highest BCUT2D eigenvalue weighted by Crippen LogP contribution is 2.35. The van der Waals surface area contributed by atoms with Gasteiger partial charge in [0.15, 0.2) is 5.78 Å². The number of ether oxygens (including phenoxy) is 1. The Morgan fingerprint density at radius 1 is 1.16 bits per heavy atom. The number of ketones is 1. The van der Waals surface area contributed by atoms with Gasteiger partial charge >= 0.3 is 0 Å². The van der Waals surface area contributed by atoms with Crippen LogP contribution in [0.4, 0.5) is 0 Å². The Hall–Kier alpha value is -2.75. The molecule has 0 aliphatic rings. The molecule has 0 amide bonds. The molecule has 25 heavy (non-hydrogen) atoms. The summed E-state index contributed by atoms with van der Waals surface area (Å²) in [6.07, 6.45) is 4.07. The highest BCUT2D eigenvalue weighted by molar-refractivity contribution is 6.07. The number of carbonyl (C=O) groups excluding carboxylic acids is 1. The fourth-order valence-corrected chi connectivity index (χ4v) is 2.52. The first kappa shape index (κ1) is 18.6. The van der Waals surface area contributed by atoms with E-state index in [1.54, 1.807) is 24.3 Å². The topological polar surface area (TPSA) is 66.8 Å². The van der Waals surface area contributed by atoms with Gasteiger partial charge in [0.2, 0.25) is 0 Å². The van der Waals surface area contributed by atoms with E-state index in [0.29, 0.717) is 17.9 Å². The molecule has 2 N–H and O–H groups in total. The van der Waals surface area contributed by atoms with Gasteiger partial charge in [0, 0.05) is 17.2 Å². The predicted octanol–water partition coefficient (Wildman–Crippen LogP) is 4.91. The zero-order valence-electron chi connectivity index (χ0n) is 14.8. The smallest absolute Gasteiger partial charge is 0.185 e. The van der Waals surface area contributed by atoms with Crippen LogP contribution in [0.2, 0.25) is 0 Å². The lowest BCUT2D eigenvalue weighted by Crippen LogP contribution is -1.99. The van der Waals surface area contributed by atoms with Crippen LogP contribution in [0.25, 0.3) is 6.08 Å². The van der Waals surface area contributed by atoms with Gasteiger partial charge in [-0.05, 0) is 67.3 Å². The Kier molecular flexibility index (Phi) is 6.23. The van der Waals surface area contributed by atoms with Crippen LogP contribution >= 0.6 is 0 Å². The SMILES string of the molecule is CCOc1cc(O)c(C(C)CC)cc1/C=C/C(=O)c1ccc(O)cc1. The normalized spacial score (nSPS) is 12.3. The molecule has 4 heteroatoms. The number of aromatic hydroxyl groups is 2. The van der Waals surface area contributed by atoms with Gasteiger partial charge in [-0.15, -0.1) is 0 Å². The minimum Gasteiger partial charge on any atom is -0.508 e. The molecule has 0 bridgehead atoms. The number of phenols is 2. The maximum absolute atomic E-state index is 12.3. The van der Waals surface area contributed by atoms with Crippen molar-refractivity contribution in [2.75, 3.05) is 6.61 Å². The van der Waals surface area contributed by atoms with Gasteiger partial charge in [0.25, 0.3) is 0 Å². The molecule has 1 unspecified atom stereocenters. The van der Waals surface area contributed by atoms with E-state index >= 15 is 0 Å². The molecule has 2 aromatic rings. The molecule has 2 rings (SSSR count). The Balaban J connectivity index is 2.35. The minimum absolute atomic E-state index is 0.121. The molecule has 0 saturated carbocycles. The van der Waals surface area contributed by atoms with E-state index in [4.69, 9.17) is 4.74 Å². The second kappa shape index (κ2) is 8.38. The molecule has 132 valence electrons. The van der Waals surface area contributed by atoms with Gasteiger partial charge in [-0.2, -0.15) is 0 Å². The standard InChI is InChI=1S/C21H24O4/c1-4-14(3)18-12-16(21(25-5-2)13-20(18)24)8-11-19(23)15-6-9-17(22)10-7-15/h6-14,22,24H,4-5H2,1-3H3/b11-8+. The van der Waals surface area contributed by atoms with Crippen molar-refractivity contribution in [3.8, 4) is 17.2 Å². The molecule has 0 fully saturated rings. The summed E-state index contributed by atoms with van der Waals surface area (Å²) >= 11 is 0. The van der Waals surface area contributed by atoms with Crippen LogP contribution in [0.3, 0.4) is 0 Å². The van der Waals surface area contributed by atoms with Crippen molar-refractivity contribution in [3.63, 3.8) is 0 Å². The van der Waals surface area contributed by atoms with E-state index in [1.807, 2.05) is 19.9 Å². The number of phenolic OH excluding ortho intramolecular Hbond substituents is 2.